The third kappa shape index (κ3) is 2.84. The van der Waals surface area contributed by atoms with Crippen molar-refractivity contribution in [2.24, 2.45) is 0 Å². The highest BCUT2D eigenvalue weighted by Crippen LogP contribution is 2.22. The maximum atomic E-state index is 10.4. The molecule has 0 spiro atoms. The smallest absolute Gasteiger partial charge is 0.303 e. The Morgan fingerprint density at radius 3 is 2.94 bits per heavy atom. The van der Waals surface area contributed by atoms with Crippen LogP contribution in [0.1, 0.15) is 12.1 Å². The lowest BCUT2D eigenvalue weighted by Crippen LogP contribution is -1.97. The van der Waals surface area contributed by atoms with E-state index in [0.29, 0.717) is 23.6 Å². The summed E-state index contributed by atoms with van der Waals surface area (Å²) in [5, 5.41) is 17.9. The summed E-state index contributed by atoms with van der Waals surface area (Å²) in [5.41, 5.74) is 1.25. The van der Waals surface area contributed by atoms with Crippen molar-refractivity contribution in [3.63, 3.8) is 0 Å². The van der Waals surface area contributed by atoms with E-state index in [4.69, 9.17) is 9.52 Å². The van der Waals surface area contributed by atoms with Crippen LogP contribution >= 0.6 is 0 Å². The van der Waals surface area contributed by atoms with Gasteiger partial charge in [-0.3, -0.25) is 4.79 Å². The quantitative estimate of drug-likeness (QED) is 0.844. The van der Waals surface area contributed by atoms with Crippen LogP contribution in [0.15, 0.2) is 34.9 Å². The Hall–Kier alpha value is -2.30. The lowest BCUT2D eigenvalue weighted by Gasteiger charge is -1.95. The number of phenolic OH excluding ortho intramolecular Hbond substituents is 1. The average molecular weight is 233 g/mol. The summed E-state index contributed by atoms with van der Waals surface area (Å²) >= 11 is 0. The molecule has 1 aromatic heterocycles. The highest BCUT2D eigenvalue weighted by atomic mass is 16.4. The van der Waals surface area contributed by atoms with Crippen LogP contribution in [0.3, 0.4) is 0 Å². The molecular formula is C12H11NO4. The van der Waals surface area contributed by atoms with E-state index in [2.05, 4.69) is 4.98 Å². The number of hydrogen-bond acceptors (Lipinski definition) is 4. The first-order valence-corrected chi connectivity index (χ1v) is 5.11. The molecule has 5 nitrogen and oxygen atoms in total. The predicted molar refractivity (Wildman–Crippen MR) is 59.6 cm³/mol. The Morgan fingerprint density at radius 2 is 2.24 bits per heavy atom. The number of carboxylic acid groups (broad SMARTS) is 1. The minimum atomic E-state index is -0.869. The first-order valence-electron chi connectivity index (χ1n) is 5.11. The highest BCUT2D eigenvalue weighted by Gasteiger charge is 2.08. The maximum Gasteiger partial charge on any atom is 0.303 e. The van der Waals surface area contributed by atoms with Crippen molar-refractivity contribution in [1.82, 2.24) is 4.98 Å². The zero-order chi connectivity index (χ0) is 12.3. The van der Waals surface area contributed by atoms with Crippen molar-refractivity contribution >= 4 is 5.97 Å². The van der Waals surface area contributed by atoms with Crippen molar-refractivity contribution in [3.05, 3.63) is 36.2 Å². The molecule has 0 aliphatic heterocycles. The summed E-state index contributed by atoms with van der Waals surface area (Å²) in [7, 11) is 0. The minimum Gasteiger partial charge on any atom is -0.508 e. The number of hydrogen-bond donors (Lipinski definition) is 2. The van der Waals surface area contributed by atoms with Gasteiger partial charge in [-0.05, 0) is 18.2 Å². The van der Waals surface area contributed by atoms with E-state index in [1.807, 2.05) is 0 Å². The van der Waals surface area contributed by atoms with Gasteiger partial charge in [-0.2, -0.15) is 0 Å². The molecule has 2 aromatic rings. The summed E-state index contributed by atoms with van der Waals surface area (Å²) in [4.78, 5) is 14.6. The molecule has 0 unspecified atom stereocenters. The van der Waals surface area contributed by atoms with Gasteiger partial charge in [0, 0.05) is 12.0 Å². The van der Waals surface area contributed by atoms with Gasteiger partial charge in [0.25, 0.3) is 0 Å². The zero-order valence-electron chi connectivity index (χ0n) is 8.96. The van der Waals surface area contributed by atoms with Crippen LogP contribution in [0, 0.1) is 0 Å². The number of benzene rings is 1. The van der Waals surface area contributed by atoms with Crippen molar-refractivity contribution in [2.45, 2.75) is 12.8 Å². The van der Waals surface area contributed by atoms with Crippen molar-refractivity contribution in [1.29, 1.82) is 0 Å². The molecule has 0 atom stereocenters. The second kappa shape index (κ2) is 4.69. The average Bonchev–Trinajstić information content (AvgIpc) is 2.75. The van der Waals surface area contributed by atoms with E-state index >= 15 is 0 Å². The zero-order valence-corrected chi connectivity index (χ0v) is 8.96. The van der Waals surface area contributed by atoms with Gasteiger partial charge in [-0.25, -0.2) is 4.98 Å². The van der Waals surface area contributed by atoms with Gasteiger partial charge >= 0.3 is 5.97 Å². The second-order valence-electron chi connectivity index (χ2n) is 3.59. The monoisotopic (exact) mass is 233 g/mol. The molecule has 0 bridgehead atoms. The Morgan fingerprint density at radius 1 is 1.41 bits per heavy atom. The first-order chi connectivity index (χ1) is 8.15. The highest BCUT2D eigenvalue weighted by molar-refractivity contribution is 5.67. The van der Waals surface area contributed by atoms with Gasteiger partial charge in [0.05, 0.1) is 12.1 Å². The molecule has 0 fully saturated rings. The fourth-order valence-corrected chi connectivity index (χ4v) is 1.43. The summed E-state index contributed by atoms with van der Waals surface area (Å²) in [6, 6.07) is 6.53. The second-order valence-corrected chi connectivity index (χ2v) is 3.59. The summed E-state index contributed by atoms with van der Waals surface area (Å²) < 4.78 is 5.22. The Bertz CT molecular complexity index is 533. The Labute approximate surface area is 97.3 Å². The van der Waals surface area contributed by atoms with E-state index in [1.165, 1.54) is 12.3 Å². The maximum absolute atomic E-state index is 10.4. The number of rotatable bonds is 4. The SMILES string of the molecule is O=C(O)CCc1coc(-c2cccc(O)c2)n1. The number of aromatic hydroxyl groups is 1. The number of carbonyl (C=O) groups is 1. The lowest BCUT2D eigenvalue weighted by molar-refractivity contribution is -0.136. The molecule has 0 saturated heterocycles. The molecule has 5 heteroatoms. The molecule has 0 radical (unpaired) electrons. The predicted octanol–water partition coefficient (Wildman–Crippen LogP) is 2.06. The van der Waals surface area contributed by atoms with Gasteiger partial charge in [0.2, 0.25) is 5.89 Å². The first kappa shape index (κ1) is 11.2. The van der Waals surface area contributed by atoms with Crippen molar-refractivity contribution < 1.29 is 19.4 Å². The molecule has 2 N–H and O–H groups in total. The van der Waals surface area contributed by atoms with Gasteiger partial charge in [0.15, 0.2) is 0 Å². The molecule has 2 rings (SSSR count). The third-order valence-corrected chi connectivity index (χ3v) is 2.24. The lowest BCUT2D eigenvalue weighted by atomic mass is 10.2. The largest absolute Gasteiger partial charge is 0.508 e. The number of aliphatic carboxylic acids is 1. The molecule has 1 heterocycles. The molecule has 0 aliphatic rings. The van der Waals surface area contributed by atoms with Crippen molar-refractivity contribution in [3.8, 4) is 17.2 Å². The van der Waals surface area contributed by atoms with Crippen LogP contribution in [0.25, 0.3) is 11.5 Å². The minimum absolute atomic E-state index is 0.0199. The van der Waals surface area contributed by atoms with E-state index in [0.717, 1.165) is 0 Å². The van der Waals surface area contributed by atoms with Gasteiger partial charge in [-0.15, -0.1) is 0 Å². The van der Waals surface area contributed by atoms with Crippen LogP contribution in [-0.2, 0) is 11.2 Å². The number of phenols is 1. The molecule has 0 amide bonds. The third-order valence-electron chi connectivity index (χ3n) is 2.24. The summed E-state index contributed by atoms with van der Waals surface area (Å²) in [5.74, 6) is -0.360. The number of oxazole rings is 1. The number of nitrogens with zero attached hydrogens (tertiary/aromatic N) is 1. The van der Waals surface area contributed by atoms with Crippen molar-refractivity contribution in [2.75, 3.05) is 0 Å². The fourth-order valence-electron chi connectivity index (χ4n) is 1.43. The topological polar surface area (TPSA) is 83.6 Å². The Balaban J connectivity index is 2.15. The molecule has 0 saturated carbocycles. The van der Waals surface area contributed by atoms with Crippen LogP contribution in [0.2, 0.25) is 0 Å². The van der Waals surface area contributed by atoms with E-state index < -0.39 is 5.97 Å². The normalized spacial score (nSPS) is 10.4. The van der Waals surface area contributed by atoms with E-state index in [-0.39, 0.29) is 12.2 Å². The van der Waals surface area contributed by atoms with Crippen LogP contribution in [-0.4, -0.2) is 21.2 Å². The van der Waals surface area contributed by atoms with Crippen LogP contribution < -0.4 is 0 Å². The van der Waals surface area contributed by atoms with E-state index in [1.54, 1.807) is 18.2 Å². The standard InChI is InChI=1S/C12H11NO4/c14-10-3-1-2-8(6-10)12-13-9(7-17-12)4-5-11(15)16/h1-3,6-7,14H,4-5H2,(H,15,16). The molecule has 88 valence electrons. The molecular weight excluding hydrogens is 222 g/mol. The van der Waals surface area contributed by atoms with Crippen LogP contribution in [0.5, 0.6) is 5.75 Å². The molecule has 0 aliphatic carbocycles. The number of carboxylic acids is 1. The summed E-state index contributed by atoms with van der Waals surface area (Å²) in [6.45, 7) is 0. The van der Waals surface area contributed by atoms with Gasteiger partial charge in [0.1, 0.15) is 12.0 Å². The fraction of sp³-hybridized carbons (Fsp3) is 0.167. The van der Waals surface area contributed by atoms with E-state index in [9.17, 15) is 9.90 Å². The number of aryl methyl sites for hydroxylation is 1. The van der Waals surface area contributed by atoms with Gasteiger partial charge < -0.3 is 14.6 Å². The molecule has 17 heavy (non-hydrogen) atoms. The Kier molecular flexibility index (Phi) is 3.09. The molecule has 1 aromatic carbocycles. The van der Waals surface area contributed by atoms with Crippen LogP contribution in [0.4, 0.5) is 0 Å². The number of aromatic nitrogens is 1. The summed E-state index contributed by atoms with van der Waals surface area (Å²) in [6.07, 6.45) is 1.78. The van der Waals surface area contributed by atoms with Gasteiger partial charge in [-0.1, -0.05) is 6.07 Å².